The van der Waals surface area contributed by atoms with Gasteiger partial charge in [0.15, 0.2) is 5.65 Å². The Morgan fingerprint density at radius 3 is 3.16 bits per heavy atom. The summed E-state index contributed by atoms with van der Waals surface area (Å²) in [6, 6.07) is 0.515. The van der Waals surface area contributed by atoms with Crippen LogP contribution in [0.2, 0.25) is 0 Å². The predicted molar refractivity (Wildman–Crippen MR) is 75.1 cm³/mol. The summed E-state index contributed by atoms with van der Waals surface area (Å²) in [7, 11) is 0. The molecule has 2 aromatic heterocycles. The van der Waals surface area contributed by atoms with Crippen molar-refractivity contribution in [3.05, 3.63) is 12.0 Å². The first kappa shape index (κ1) is 12.3. The maximum atomic E-state index is 4.47. The van der Waals surface area contributed by atoms with Crippen LogP contribution in [0, 0.1) is 12.8 Å². The van der Waals surface area contributed by atoms with Crippen LogP contribution >= 0.6 is 0 Å². The zero-order chi connectivity index (χ0) is 13.2. The Bertz CT molecular complexity index is 563. The second-order valence-corrected chi connectivity index (χ2v) is 5.41. The molecule has 1 aliphatic heterocycles. The summed E-state index contributed by atoms with van der Waals surface area (Å²) in [5, 5.41) is 14.8. The van der Waals surface area contributed by atoms with Crippen LogP contribution in [0.25, 0.3) is 11.0 Å². The van der Waals surface area contributed by atoms with Crippen molar-refractivity contribution < 1.29 is 0 Å². The van der Waals surface area contributed by atoms with Crippen LogP contribution in [0.15, 0.2) is 6.20 Å². The van der Waals surface area contributed by atoms with Crippen LogP contribution in [0.1, 0.15) is 25.6 Å². The number of hydrogen-bond donors (Lipinski definition) is 3. The number of hydrogen-bond acceptors (Lipinski definition) is 5. The molecule has 6 nitrogen and oxygen atoms in total. The quantitative estimate of drug-likeness (QED) is 0.778. The molecule has 0 aliphatic carbocycles. The van der Waals surface area contributed by atoms with E-state index in [1.165, 1.54) is 12.8 Å². The second kappa shape index (κ2) is 5.13. The number of aryl methyl sites for hydroxylation is 1. The summed E-state index contributed by atoms with van der Waals surface area (Å²) < 4.78 is 0. The maximum Gasteiger partial charge on any atom is 0.161 e. The number of piperidine rings is 1. The van der Waals surface area contributed by atoms with Gasteiger partial charge in [-0.2, -0.15) is 5.10 Å². The van der Waals surface area contributed by atoms with Crippen molar-refractivity contribution in [2.75, 3.05) is 18.4 Å². The Morgan fingerprint density at radius 2 is 2.32 bits per heavy atom. The van der Waals surface area contributed by atoms with Gasteiger partial charge in [-0.25, -0.2) is 9.97 Å². The number of nitrogens with one attached hydrogen (secondary N) is 3. The SMILES string of the molecule is Cc1nc(NC[C@@H]2C[C@H](C)CCN2)c2cn[nH]c2n1. The van der Waals surface area contributed by atoms with Crippen molar-refractivity contribution in [1.82, 2.24) is 25.5 Å². The standard InChI is InChI=1S/C13H20N6/c1-8-3-4-14-10(5-8)6-15-12-11-7-16-19-13(11)18-9(2)17-12/h7-8,10,14H,3-6H2,1-2H3,(H2,15,16,17,18,19)/t8-,10+/m1/s1. The van der Waals surface area contributed by atoms with Gasteiger partial charge in [-0.1, -0.05) is 6.92 Å². The minimum absolute atomic E-state index is 0.515. The Balaban J connectivity index is 1.72. The fourth-order valence-electron chi connectivity index (χ4n) is 2.68. The van der Waals surface area contributed by atoms with Crippen LogP contribution in [0.5, 0.6) is 0 Å². The first-order valence-corrected chi connectivity index (χ1v) is 6.87. The molecular weight excluding hydrogens is 240 g/mol. The number of H-pyrrole nitrogens is 1. The van der Waals surface area contributed by atoms with Gasteiger partial charge in [-0.05, 0) is 32.2 Å². The topological polar surface area (TPSA) is 78.5 Å². The highest BCUT2D eigenvalue weighted by atomic mass is 15.2. The van der Waals surface area contributed by atoms with Crippen LogP contribution in [0.3, 0.4) is 0 Å². The maximum absolute atomic E-state index is 4.47. The number of anilines is 1. The largest absolute Gasteiger partial charge is 0.368 e. The summed E-state index contributed by atoms with van der Waals surface area (Å²) >= 11 is 0. The minimum atomic E-state index is 0.515. The summed E-state index contributed by atoms with van der Waals surface area (Å²) in [5.41, 5.74) is 0.792. The molecule has 6 heteroatoms. The minimum Gasteiger partial charge on any atom is -0.368 e. The zero-order valence-electron chi connectivity index (χ0n) is 11.4. The lowest BCUT2D eigenvalue weighted by atomic mass is 9.94. The molecule has 0 aromatic carbocycles. The number of aromatic amines is 1. The van der Waals surface area contributed by atoms with E-state index >= 15 is 0 Å². The third kappa shape index (κ3) is 2.68. The summed E-state index contributed by atoms with van der Waals surface area (Å²) in [5.74, 6) is 2.43. The Hall–Kier alpha value is -1.69. The molecule has 1 fully saturated rings. The van der Waals surface area contributed by atoms with Crippen molar-refractivity contribution in [2.24, 2.45) is 5.92 Å². The highest BCUT2D eigenvalue weighted by molar-refractivity contribution is 5.85. The molecular formula is C13H20N6. The van der Waals surface area contributed by atoms with Gasteiger partial charge in [0.2, 0.25) is 0 Å². The Morgan fingerprint density at radius 1 is 1.42 bits per heavy atom. The molecule has 0 amide bonds. The van der Waals surface area contributed by atoms with E-state index in [-0.39, 0.29) is 0 Å². The van der Waals surface area contributed by atoms with E-state index in [0.29, 0.717) is 6.04 Å². The van der Waals surface area contributed by atoms with Crippen molar-refractivity contribution >= 4 is 16.9 Å². The lowest BCUT2D eigenvalue weighted by Gasteiger charge is -2.28. The van der Waals surface area contributed by atoms with Gasteiger partial charge in [0, 0.05) is 12.6 Å². The molecule has 1 aliphatic rings. The van der Waals surface area contributed by atoms with Gasteiger partial charge >= 0.3 is 0 Å². The normalized spacial score (nSPS) is 23.7. The molecule has 3 N–H and O–H groups in total. The van der Waals surface area contributed by atoms with Crippen LogP contribution in [-0.4, -0.2) is 39.3 Å². The van der Waals surface area contributed by atoms with Crippen molar-refractivity contribution in [3.8, 4) is 0 Å². The van der Waals surface area contributed by atoms with E-state index in [1.54, 1.807) is 6.20 Å². The average molecular weight is 260 g/mol. The van der Waals surface area contributed by atoms with Gasteiger partial charge in [0.05, 0.1) is 11.6 Å². The first-order valence-electron chi connectivity index (χ1n) is 6.87. The molecule has 0 saturated carbocycles. The van der Waals surface area contributed by atoms with E-state index in [2.05, 4.69) is 37.7 Å². The Kier molecular flexibility index (Phi) is 3.33. The van der Waals surface area contributed by atoms with Gasteiger partial charge < -0.3 is 10.6 Å². The molecule has 0 unspecified atom stereocenters. The van der Waals surface area contributed by atoms with E-state index < -0.39 is 0 Å². The monoisotopic (exact) mass is 260 g/mol. The van der Waals surface area contributed by atoms with Gasteiger partial charge in [-0.3, -0.25) is 5.10 Å². The lowest BCUT2D eigenvalue weighted by molar-refractivity contribution is 0.329. The second-order valence-electron chi connectivity index (χ2n) is 5.41. The van der Waals surface area contributed by atoms with Gasteiger partial charge in [-0.15, -0.1) is 0 Å². The fraction of sp³-hybridized carbons (Fsp3) is 0.615. The van der Waals surface area contributed by atoms with Crippen LogP contribution in [-0.2, 0) is 0 Å². The third-order valence-corrected chi connectivity index (χ3v) is 3.69. The summed E-state index contributed by atoms with van der Waals surface area (Å²) in [4.78, 5) is 8.79. The number of nitrogens with zero attached hydrogens (tertiary/aromatic N) is 3. The van der Waals surface area contributed by atoms with Crippen molar-refractivity contribution in [2.45, 2.75) is 32.7 Å². The van der Waals surface area contributed by atoms with Gasteiger partial charge in [0.25, 0.3) is 0 Å². The fourth-order valence-corrected chi connectivity index (χ4v) is 2.68. The number of rotatable bonds is 3. The van der Waals surface area contributed by atoms with E-state index in [1.807, 2.05) is 6.92 Å². The molecule has 0 bridgehead atoms. The van der Waals surface area contributed by atoms with Crippen molar-refractivity contribution in [3.63, 3.8) is 0 Å². The average Bonchev–Trinajstić information content (AvgIpc) is 2.84. The van der Waals surface area contributed by atoms with Crippen LogP contribution in [0.4, 0.5) is 5.82 Å². The zero-order valence-corrected chi connectivity index (χ0v) is 11.4. The molecule has 3 heterocycles. The number of fused-ring (bicyclic) bond motifs is 1. The van der Waals surface area contributed by atoms with E-state index in [0.717, 1.165) is 41.7 Å². The molecule has 1 saturated heterocycles. The van der Waals surface area contributed by atoms with Crippen molar-refractivity contribution in [1.29, 1.82) is 0 Å². The highest BCUT2D eigenvalue weighted by Crippen LogP contribution is 2.19. The Labute approximate surface area is 112 Å². The van der Waals surface area contributed by atoms with Crippen LogP contribution < -0.4 is 10.6 Å². The summed E-state index contributed by atoms with van der Waals surface area (Å²) in [6.45, 7) is 6.21. The highest BCUT2D eigenvalue weighted by Gasteiger charge is 2.18. The predicted octanol–water partition coefficient (Wildman–Crippen LogP) is 1.46. The first-order chi connectivity index (χ1) is 9.22. The van der Waals surface area contributed by atoms with E-state index in [4.69, 9.17) is 0 Å². The van der Waals surface area contributed by atoms with E-state index in [9.17, 15) is 0 Å². The summed E-state index contributed by atoms with van der Waals surface area (Å²) in [6.07, 6.45) is 4.26. The smallest absolute Gasteiger partial charge is 0.161 e. The molecule has 102 valence electrons. The molecule has 3 rings (SSSR count). The molecule has 0 radical (unpaired) electrons. The molecule has 0 spiro atoms. The van der Waals surface area contributed by atoms with Gasteiger partial charge in [0.1, 0.15) is 11.6 Å². The third-order valence-electron chi connectivity index (χ3n) is 3.69. The number of aromatic nitrogens is 4. The molecule has 19 heavy (non-hydrogen) atoms. The molecule has 2 aromatic rings. The molecule has 2 atom stereocenters. The lowest BCUT2D eigenvalue weighted by Crippen LogP contribution is -2.41.